The SMILES string of the molecule is C=C(C)CN1C(=O)C(C)S(=O)c2ccc(C(C)=O)cc21. The lowest BCUT2D eigenvalue weighted by Crippen LogP contribution is -2.45. The smallest absolute Gasteiger partial charge is 0.243 e. The lowest BCUT2D eigenvalue weighted by molar-refractivity contribution is -0.118. The summed E-state index contributed by atoms with van der Waals surface area (Å²) in [4.78, 5) is 26.0. The van der Waals surface area contributed by atoms with Gasteiger partial charge in [-0.2, -0.15) is 0 Å². The normalized spacial score (nSPS) is 21.6. The largest absolute Gasteiger partial charge is 0.306 e. The van der Waals surface area contributed by atoms with E-state index in [4.69, 9.17) is 0 Å². The Morgan fingerprint density at radius 2 is 2.05 bits per heavy atom. The summed E-state index contributed by atoms with van der Waals surface area (Å²) in [7, 11) is -1.38. The number of hydrogen-bond donors (Lipinski definition) is 0. The Bertz CT molecular complexity index is 636. The van der Waals surface area contributed by atoms with E-state index in [1.165, 1.54) is 6.92 Å². The van der Waals surface area contributed by atoms with Crippen LogP contribution in [-0.4, -0.2) is 27.7 Å². The van der Waals surface area contributed by atoms with E-state index in [-0.39, 0.29) is 11.7 Å². The molecular formula is C15H17NO3S. The van der Waals surface area contributed by atoms with Crippen molar-refractivity contribution in [2.75, 3.05) is 11.4 Å². The lowest BCUT2D eigenvalue weighted by Gasteiger charge is -2.32. The standard InChI is InChI=1S/C15H17NO3S/c1-9(2)8-16-13-7-12(10(3)17)5-6-14(13)20(19)11(4)15(16)18/h5-7,11H,1,8H2,2-4H3. The third kappa shape index (κ3) is 2.45. The molecule has 1 aliphatic rings. The van der Waals surface area contributed by atoms with Gasteiger partial charge in [-0.1, -0.05) is 18.2 Å². The molecule has 2 atom stereocenters. The van der Waals surface area contributed by atoms with Crippen LogP contribution in [0.1, 0.15) is 31.1 Å². The van der Waals surface area contributed by atoms with Gasteiger partial charge in [0.15, 0.2) is 5.78 Å². The lowest BCUT2D eigenvalue weighted by atomic mass is 10.1. The molecule has 1 heterocycles. The summed E-state index contributed by atoms with van der Waals surface area (Å²) in [6.45, 7) is 9.15. The van der Waals surface area contributed by atoms with Crippen molar-refractivity contribution in [1.82, 2.24) is 0 Å². The van der Waals surface area contributed by atoms with Gasteiger partial charge in [-0.05, 0) is 32.9 Å². The molecule has 4 nitrogen and oxygen atoms in total. The second-order valence-corrected chi connectivity index (χ2v) is 6.80. The van der Waals surface area contributed by atoms with Gasteiger partial charge in [-0.25, -0.2) is 0 Å². The fraction of sp³-hybridized carbons (Fsp3) is 0.333. The number of benzene rings is 1. The van der Waals surface area contributed by atoms with Crippen molar-refractivity contribution in [3.05, 3.63) is 35.9 Å². The first kappa shape index (κ1) is 14.7. The molecule has 0 bridgehead atoms. The van der Waals surface area contributed by atoms with Crippen LogP contribution in [0.25, 0.3) is 0 Å². The first-order valence-corrected chi connectivity index (χ1v) is 7.55. The van der Waals surface area contributed by atoms with E-state index in [0.29, 0.717) is 22.7 Å². The fourth-order valence-electron chi connectivity index (χ4n) is 2.17. The first-order valence-electron chi connectivity index (χ1n) is 6.34. The summed E-state index contributed by atoms with van der Waals surface area (Å²) >= 11 is 0. The monoisotopic (exact) mass is 291 g/mol. The highest BCUT2D eigenvalue weighted by Crippen LogP contribution is 2.33. The summed E-state index contributed by atoms with van der Waals surface area (Å²) < 4.78 is 12.3. The number of Topliss-reactive ketones (excluding diaryl/α,β-unsaturated/α-hetero) is 1. The predicted octanol–water partition coefficient (Wildman–Crippen LogP) is 2.31. The van der Waals surface area contributed by atoms with Crippen LogP contribution in [0.3, 0.4) is 0 Å². The van der Waals surface area contributed by atoms with Gasteiger partial charge in [0, 0.05) is 12.1 Å². The van der Waals surface area contributed by atoms with Crippen LogP contribution in [0, 0.1) is 0 Å². The molecule has 5 heteroatoms. The zero-order chi connectivity index (χ0) is 15.0. The summed E-state index contributed by atoms with van der Waals surface area (Å²) in [5.41, 5.74) is 1.90. The van der Waals surface area contributed by atoms with Crippen molar-refractivity contribution in [2.24, 2.45) is 0 Å². The third-order valence-corrected chi connectivity index (χ3v) is 4.86. The van der Waals surface area contributed by atoms with Gasteiger partial charge < -0.3 is 4.90 Å². The number of amides is 1. The number of ketones is 1. The molecule has 0 saturated heterocycles. The molecule has 1 amide bonds. The zero-order valence-electron chi connectivity index (χ0n) is 11.8. The van der Waals surface area contributed by atoms with Gasteiger partial charge in [0.1, 0.15) is 5.25 Å². The van der Waals surface area contributed by atoms with E-state index < -0.39 is 16.0 Å². The Morgan fingerprint density at radius 1 is 1.40 bits per heavy atom. The number of anilines is 1. The van der Waals surface area contributed by atoms with Crippen molar-refractivity contribution in [1.29, 1.82) is 0 Å². The van der Waals surface area contributed by atoms with Crippen LogP contribution in [-0.2, 0) is 15.6 Å². The number of rotatable bonds is 3. The van der Waals surface area contributed by atoms with Crippen LogP contribution in [0.15, 0.2) is 35.2 Å². The quantitative estimate of drug-likeness (QED) is 0.634. The van der Waals surface area contributed by atoms with Crippen molar-refractivity contribution in [3.8, 4) is 0 Å². The molecule has 0 aromatic heterocycles. The maximum absolute atomic E-state index is 12.3. The zero-order valence-corrected chi connectivity index (χ0v) is 12.6. The molecule has 20 heavy (non-hydrogen) atoms. The molecule has 0 spiro atoms. The van der Waals surface area contributed by atoms with Crippen molar-refractivity contribution < 1.29 is 13.8 Å². The molecule has 0 N–H and O–H groups in total. The van der Waals surface area contributed by atoms with E-state index in [2.05, 4.69) is 6.58 Å². The number of hydrogen-bond acceptors (Lipinski definition) is 3. The average molecular weight is 291 g/mol. The number of nitrogens with zero attached hydrogens (tertiary/aromatic N) is 1. The van der Waals surface area contributed by atoms with Crippen LogP contribution in [0.5, 0.6) is 0 Å². The third-order valence-electron chi connectivity index (χ3n) is 3.24. The van der Waals surface area contributed by atoms with Crippen molar-refractivity contribution in [3.63, 3.8) is 0 Å². The van der Waals surface area contributed by atoms with E-state index in [1.54, 1.807) is 30.0 Å². The number of fused-ring (bicyclic) bond motifs is 1. The molecule has 0 fully saturated rings. The Balaban J connectivity index is 2.61. The number of carbonyl (C=O) groups excluding carboxylic acids is 2. The minimum atomic E-state index is -1.38. The molecule has 0 radical (unpaired) electrons. The molecule has 0 aliphatic carbocycles. The van der Waals surface area contributed by atoms with Gasteiger partial charge >= 0.3 is 0 Å². The number of carbonyl (C=O) groups is 2. The molecule has 1 aromatic carbocycles. The predicted molar refractivity (Wildman–Crippen MR) is 79.5 cm³/mol. The van der Waals surface area contributed by atoms with Crippen LogP contribution in [0.4, 0.5) is 5.69 Å². The second-order valence-electron chi connectivity index (χ2n) is 5.06. The Morgan fingerprint density at radius 3 is 2.60 bits per heavy atom. The first-order chi connectivity index (χ1) is 9.32. The van der Waals surface area contributed by atoms with E-state index >= 15 is 0 Å². The molecule has 2 unspecified atom stereocenters. The minimum absolute atomic E-state index is 0.0834. The summed E-state index contributed by atoms with van der Waals surface area (Å²) in [5, 5.41) is -0.579. The van der Waals surface area contributed by atoms with Gasteiger partial charge in [0.25, 0.3) is 0 Å². The highest BCUT2D eigenvalue weighted by molar-refractivity contribution is 7.86. The topological polar surface area (TPSA) is 54.5 Å². The molecule has 1 aliphatic heterocycles. The fourth-order valence-corrected chi connectivity index (χ4v) is 3.44. The highest BCUT2D eigenvalue weighted by atomic mass is 32.2. The Labute approximate surface area is 120 Å². The molecular weight excluding hydrogens is 274 g/mol. The van der Waals surface area contributed by atoms with Gasteiger partial charge in [-0.15, -0.1) is 0 Å². The van der Waals surface area contributed by atoms with E-state index in [1.807, 2.05) is 6.92 Å². The van der Waals surface area contributed by atoms with E-state index in [0.717, 1.165) is 5.57 Å². The summed E-state index contributed by atoms with van der Waals surface area (Å²) in [6, 6.07) is 4.97. The van der Waals surface area contributed by atoms with Crippen molar-refractivity contribution in [2.45, 2.75) is 30.9 Å². The summed E-state index contributed by atoms with van der Waals surface area (Å²) in [6.07, 6.45) is 0. The van der Waals surface area contributed by atoms with Crippen LogP contribution in [0.2, 0.25) is 0 Å². The maximum atomic E-state index is 12.3. The van der Waals surface area contributed by atoms with Gasteiger partial charge in [0.2, 0.25) is 5.91 Å². The Kier molecular flexibility index (Phi) is 3.90. The summed E-state index contributed by atoms with van der Waals surface area (Å²) in [5.74, 6) is -0.278. The average Bonchev–Trinajstić information content (AvgIpc) is 2.40. The Hall–Kier alpha value is -1.75. The van der Waals surface area contributed by atoms with Crippen LogP contribution >= 0.6 is 0 Å². The van der Waals surface area contributed by atoms with Crippen LogP contribution < -0.4 is 4.90 Å². The van der Waals surface area contributed by atoms with Crippen molar-refractivity contribution >= 4 is 28.2 Å². The molecule has 0 saturated carbocycles. The molecule has 1 aromatic rings. The minimum Gasteiger partial charge on any atom is -0.306 e. The van der Waals surface area contributed by atoms with Gasteiger partial charge in [0.05, 0.1) is 21.4 Å². The maximum Gasteiger partial charge on any atom is 0.243 e. The van der Waals surface area contributed by atoms with Gasteiger partial charge in [-0.3, -0.25) is 13.8 Å². The molecule has 106 valence electrons. The molecule has 2 rings (SSSR count). The second kappa shape index (κ2) is 5.32. The van der Waals surface area contributed by atoms with E-state index in [9.17, 15) is 13.8 Å². The highest BCUT2D eigenvalue weighted by Gasteiger charge is 2.35.